The molecule has 146 valence electrons. The van der Waals surface area contributed by atoms with Crippen molar-refractivity contribution < 1.29 is 14.3 Å². The van der Waals surface area contributed by atoms with Crippen LogP contribution in [0.2, 0.25) is 0 Å². The molecule has 1 aliphatic heterocycles. The second-order valence-corrected chi connectivity index (χ2v) is 7.75. The van der Waals surface area contributed by atoms with Crippen LogP contribution < -0.4 is 14.8 Å². The molecule has 5 rings (SSSR count). The highest BCUT2D eigenvalue weighted by Crippen LogP contribution is 2.41. The first-order chi connectivity index (χ1) is 14.2. The summed E-state index contributed by atoms with van der Waals surface area (Å²) in [6, 6.07) is 13.7. The third-order valence-corrected chi connectivity index (χ3v) is 6.11. The van der Waals surface area contributed by atoms with Crippen molar-refractivity contribution in [2.75, 3.05) is 19.5 Å². The molecule has 0 unspecified atom stereocenters. The van der Waals surface area contributed by atoms with Crippen molar-refractivity contribution in [3.8, 4) is 16.6 Å². The van der Waals surface area contributed by atoms with Gasteiger partial charge in [-0.3, -0.25) is 4.79 Å². The maximum atomic E-state index is 12.5. The van der Waals surface area contributed by atoms with E-state index in [1.165, 1.54) is 11.3 Å². The highest BCUT2D eigenvalue weighted by Gasteiger charge is 2.31. The Balaban J connectivity index is 1.60. The summed E-state index contributed by atoms with van der Waals surface area (Å²) >= 11 is 1.54. The van der Waals surface area contributed by atoms with Crippen molar-refractivity contribution in [2.45, 2.75) is 12.3 Å². The van der Waals surface area contributed by atoms with Gasteiger partial charge < -0.3 is 14.8 Å². The molecule has 29 heavy (non-hydrogen) atoms. The Bertz CT molecular complexity index is 1200. The van der Waals surface area contributed by atoms with E-state index < -0.39 is 0 Å². The molecule has 0 fully saturated rings. The fourth-order valence-corrected chi connectivity index (χ4v) is 4.61. The summed E-state index contributed by atoms with van der Waals surface area (Å²) in [5.41, 5.74) is 2.84. The van der Waals surface area contributed by atoms with E-state index in [0.29, 0.717) is 23.7 Å². The molecule has 0 spiro atoms. The van der Waals surface area contributed by atoms with Gasteiger partial charge >= 0.3 is 0 Å². The Kier molecular flexibility index (Phi) is 4.21. The molecule has 0 aliphatic carbocycles. The lowest BCUT2D eigenvalue weighted by Gasteiger charge is -2.24. The van der Waals surface area contributed by atoms with Gasteiger partial charge in [0.2, 0.25) is 11.0 Å². The van der Waals surface area contributed by atoms with E-state index in [1.807, 2.05) is 48.7 Å². The minimum absolute atomic E-state index is 0.0554. The number of fused-ring (bicyclic) bond motifs is 2. The number of nitrogens with zero attached hydrogens (tertiary/aromatic N) is 3. The standard InChI is InChI=1S/C21H18N4O3S/c1-27-16-8-7-12(9-17(16)28-2)13-10-19(26)24-20-14(13)11-22-25(20)21-23-15-5-3-4-6-18(15)29-21/h3-9,11,13H,10H2,1-2H3,(H,24,26)/t13-/m0/s1. The molecule has 0 saturated carbocycles. The number of thiazole rings is 1. The fraction of sp³-hybridized carbons (Fsp3) is 0.190. The predicted molar refractivity (Wildman–Crippen MR) is 111 cm³/mol. The van der Waals surface area contributed by atoms with Crippen LogP contribution in [0.5, 0.6) is 11.5 Å². The number of amides is 1. The smallest absolute Gasteiger partial charge is 0.226 e. The largest absolute Gasteiger partial charge is 0.493 e. The minimum Gasteiger partial charge on any atom is -0.493 e. The predicted octanol–water partition coefficient (Wildman–Crippen LogP) is 3.97. The number of para-hydroxylation sites is 1. The number of methoxy groups -OCH3 is 2. The molecule has 2 aromatic heterocycles. The molecule has 1 amide bonds. The normalized spacial score (nSPS) is 15.8. The Morgan fingerprint density at radius 2 is 1.97 bits per heavy atom. The maximum Gasteiger partial charge on any atom is 0.226 e. The second-order valence-electron chi connectivity index (χ2n) is 6.74. The van der Waals surface area contributed by atoms with E-state index in [9.17, 15) is 4.79 Å². The molecule has 1 aliphatic rings. The average Bonchev–Trinajstić information content (AvgIpc) is 3.36. The molecule has 0 radical (unpaired) electrons. The van der Waals surface area contributed by atoms with Gasteiger partial charge in [-0.2, -0.15) is 9.78 Å². The quantitative estimate of drug-likeness (QED) is 0.555. The van der Waals surface area contributed by atoms with Gasteiger partial charge in [-0.1, -0.05) is 29.5 Å². The van der Waals surface area contributed by atoms with Crippen LogP contribution in [-0.2, 0) is 4.79 Å². The van der Waals surface area contributed by atoms with Crippen molar-refractivity contribution in [2.24, 2.45) is 0 Å². The van der Waals surface area contributed by atoms with Crippen LogP contribution in [0, 0.1) is 0 Å². The molecule has 0 bridgehead atoms. The van der Waals surface area contributed by atoms with Crippen LogP contribution in [0.4, 0.5) is 5.82 Å². The van der Waals surface area contributed by atoms with Crippen LogP contribution in [0.25, 0.3) is 15.3 Å². The average molecular weight is 406 g/mol. The molecule has 3 heterocycles. The summed E-state index contributed by atoms with van der Waals surface area (Å²) in [6.45, 7) is 0. The topological polar surface area (TPSA) is 78.3 Å². The van der Waals surface area contributed by atoms with E-state index in [2.05, 4.69) is 15.4 Å². The number of rotatable bonds is 4. The Morgan fingerprint density at radius 1 is 1.14 bits per heavy atom. The number of ether oxygens (including phenoxy) is 2. The zero-order valence-electron chi connectivity index (χ0n) is 15.9. The van der Waals surface area contributed by atoms with Crippen molar-refractivity contribution in [1.29, 1.82) is 0 Å². The maximum absolute atomic E-state index is 12.5. The number of anilines is 1. The molecule has 2 aromatic carbocycles. The first-order valence-corrected chi connectivity index (χ1v) is 9.95. The van der Waals surface area contributed by atoms with Crippen LogP contribution >= 0.6 is 11.3 Å². The van der Waals surface area contributed by atoms with Crippen LogP contribution in [-0.4, -0.2) is 34.9 Å². The van der Waals surface area contributed by atoms with Gasteiger partial charge in [0.15, 0.2) is 11.5 Å². The van der Waals surface area contributed by atoms with Crippen LogP contribution in [0.1, 0.15) is 23.5 Å². The number of aromatic nitrogens is 3. The zero-order chi connectivity index (χ0) is 20.0. The number of hydrogen-bond donors (Lipinski definition) is 1. The summed E-state index contributed by atoms with van der Waals surface area (Å²) in [5, 5.41) is 8.24. The van der Waals surface area contributed by atoms with Crippen molar-refractivity contribution >= 4 is 33.3 Å². The lowest BCUT2D eigenvalue weighted by atomic mass is 9.87. The first kappa shape index (κ1) is 17.7. The van der Waals surface area contributed by atoms with E-state index >= 15 is 0 Å². The van der Waals surface area contributed by atoms with Crippen molar-refractivity contribution in [3.63, 3.8) is 0 Å². The molecular formula is C21H18N4O3S. The molecule has 4 aromatic rings. The highest BCUT2D eigenvalue weighted by atomic mass is 32.1. The SMILES string of the molecule is COc1ccc([C@@H]2CC(=O)Nc3c2cnn3-c2nc3ccccc3s2)cc1OC. The van der Waals surface area contributed by atoms with Gasteiger partial charge in [0.05, 0.1) is 30.6 Å². The number of carbonyl (C=O) groups is 1. The Hall–Kier alpha value is -3.39. The van der Waals surface area contributed by atoms with E-state index in [4.69, 9.17) is 9.47 Å². The fourth-order valence-electron chi connectivity index (χ4n) is 3.68. The number of carbonyl (C=O) groups excluding carboxylic acids is 1. The first-order valence-electron chi connectivity index (χ1n) is 9.13. The van der Waals surface area contributed by atoms with Gasteiger partial charge in [-0.25, -0.2) is 4.98 Å². The number of nitrogens with one attached hydrogen (secondary N) is 1. The molecule has 1 atom stereocenters. The molecule has 0 saturated heterocycles. The Morgan fingerprint density at radius 3 is 2.76 bits per heavy atom. The van der Waals surface area contributed by atoms with Gasteiger partial charge in [0.1, 0.15) is 5.82 Å². The summed E-state index contributed by atoms with van der Waals surface area (Å²) in [5.74, 6) is 1.78. The van der Waals surface area contributed by atoms with E-state index in [-0.39, 0.29) is 11.8 Å². The molecule has 1 N–H and O–H groups in total. The summed E-state index contributed by atoms with van der Waals surface area (Å²) in [6.07, 6.45) is 2.15. The molecule has 7 nitrogen and oxygen atoms in total. The lowest BCUT2D eigenvalue weighted by Crippen LogP contribution is -2.24. The summed E-state index contributed by atoms with van der Waals surface area (Å²) in [7, 11) is 3.21. The monoisotopic (exact) mass is 406 g/mol. The summed E-state index contributed by atoms with van der Waals surface area (Å²) in [4.78, 5) is 17.2. The Labute approximate surface area is 170 Å². The van der Waals surface area contributed by atoms with Crippen molar-refractivity contribution in [1.82, 2.24) is 14.8 Å². The van der Waals surface area contributed by atoms with E-state index in [0.717, 1.165) is 26.5 Å². The summed E-state index contributed by atoms with van der Waals surface area (Å²) < 4.78 is 13.6. The highest BCUT2D eigenvalue weighted by molar-refractivity contribution is 7.20. The second kappa shape index (κ2) is 6.89. The van der Waals surface area contributed by atoms with E-state index in [1.54, 1.807) is 18.9 Å². The van der Waals surface area contributed by atoms with Crippen molar-refractivity contribution in [3.05, 3.63) is 59.8 Å². The van der Waals surface area contributed by atoms with Crippen LogP contribution in [0.15, 0.2) is 48.7 Å². The minimum atomic E-state index is -0.123. The number of benzene rings is 2. The number of hydrogen-bond acceptors (Lipinski definition) is 6. The van der Waals surface area contributed by atoms with Crippen LogP contribution in [0.3, 0.4) is 0 Å². The molecular weight excluding hydrogens is 388 g/mol. The zero-order valence-corrected chi connectivity index (χ0v) is 16.7. The van der Waals surface area contributed by atoms with Gasteiger partial charge in [-0.15, -0.1) is 0 Å². The third-order valence-electron chi connectivity index (χ3n) is 5.09. The third kappa shape index (κ3) is 2.92. The lowest BCUT2D eigenvalue weighted by molar-refractivity contribution is -0.116. The van der Waals surface area contributed by atoms with Gasteiger partial charge in [-0.05, 0) is 29.8 Å². The van der Waals surface area contributed by atoms with Gasteiger partial charge in [0.25, 0.3) is 0 Å². The molecule has 8 heteroatoms. The van der Waals surface area contributed by atoms with Gasteiger partial charge in [0, 0.05) is 17.9 Å².